The fourth-order valence-electron chi connectivity index (χ4n) is 4.22. The standard InChI is InChI=1S/C25H30ClN3O6/c26-19-4-8-21(9-5-19)35-17-25(33)16-28(12-10-22(25)30)14-18-2-6-20(7-3-18)34-13-1-11-29-15-23(31)27-24(29)32/h2-9,22,30,33H,1,10-17H2,(H,27,31,32)/t22-,25-/m0/s1. The summed E-state index contributed by atoms with van der Waals surface area (Å²) in [6.07, 6.45) is 0.198. The summed E-state index contributed by atoms with van der Waals surface area (Å²) in [5, 5.41) is 24.4. The van der Waals surface area contributed by atoms with E-state index in [9.17, 15) is 19.8 Å². The van der Waals surface area contributed by atoms with E-state index < -0.39 is 11.7 Å². The number of rotatable bonds is 10. The zero-order valence-electron chi connectivity index (χ0n) is 19.4. The molecule has 3 N–H and O–H groups in total. The van der Waals surface area contributed by atoms with Gasteiger partial charge >= 0.3 is 6.03 Å². The van der Waals surface area contributed by atoms with E-state index in [2.05, 4.69) is 10.2 Å². The highest BCUT2D eigenvalue weighted by molar-refractivity contribution is 6.30. The van der Waals surface area contributed by atoms with Gasteiger partial charge in [-0.3, -0.25) is 15.0 Å². The van der Waals surface area contributed by atoms with Crippen molar-refractivity contribution in [2.45, 2.75) is 31.1 Å². The minimum Gasteiger partial charge on any atom is -0.494 e. The summed E-state index contributed by atoms with van der Waals surface area (Å²) in [7, 11) is 0. The van der Waals surface area contributed by atoms with E-state index in [4.69, 9.17) is 21.1 Å². The lowest BCUT2D eigenvalue weighted by Crippen LogP contribution is -2.59. The second-order valence-electron chi connectivity index (χ2n) is 8.98. The van der Waals surface area contributed by atoms with Gasteiger partial charge in [-0.15, -0.1) is 0 Å². The Morgan fingerprint density at radius 2 is 1.74 bits per heavy atom. The third kappa shape index (κ3) is 6.85. The van der Waals surface area contributed by atoms with E-state index >= 15 is 0 Å². The molecule has 2 atom stereocenters. The first kappa shape index (κ1) is 25.2. The number of amides is 3. The number of nitrogens with one attached hydrogen (secondary N) is 1. The fraction of sp³-hybridized carbons (Fsp3) is 0.440. The Morgan fingerprint density at radius 3 is 2.43 bits per heavy atom. The molecule has 10 heteroatoms. The molecule has 0 unspecified atom stereocenters. The summed E-state index contributed by atoms with van der Waals surface area (Å²) in [6.45, 7) is 2.54. The maximum atomic E-state index is 11.5. The molecule has 3 amide bonds. The molecule has 2 saturated heterocycles. The highest BCUT2D eigenvalue weighted by Gasteiger charge is 2.42. The lowest BCUT2D eigenvalue weighted by atomic mass is 9.90. The molecule has 0 aromatic heterocycles. The smallest absolute Gasteiger partial charge is 0.324 e. The van der Waals surface area contributed by atoms with E-state index in [1.54, 1.807) is 24.3 Å². The number of piperidine rings is 1. The Labute approximate surface area is 209 Å². The van der Waals surface area contributed by atoms with Crippen LogP contribution in [0.5, 0.6) is 11.5 Å². The number of carbonyl (C=O) groups excluding carboxylic acids is 2. The molecule has 0 bridgehead atoms. The van der Waals surface area contributed by atoms with Gasteiger partial charge in [0.05, 0.1) is 12.7 Å². The second kappa shape index (κ2) is 11.3. The number of aliphatic hydroxyl groups is 2. The molecule has 2 heterocycles. The summed E-state index contributed by atoms with van der Waals surface area (Å²) >= 11 is 5.90. The Hall–Kier alpha value is -2.85. The number of nitrogens with zero attached hydrogens (tertiary/aromatic N) is 2. The van der Waals surface area contributed by atoms with Gasteiger partial charge in [-0.25, -0.2) is 4.79 Å². The van der Waals surface area contributed by atoms with E-state index in [1.807, 2.05) is 24.3 Å². The number of hydrogen-bond acceptors (Lipinski definition) is 7. The topological polar surface area (TPSA) is 112 Å². The van der Waals surface area contributed by atoms with Gasteiger partial charge < -0.3 is 24.6 Å². The molecule has 188 valence electrons. The molecule has 4 rings (SSSR count). The molecule has 0 spiro atoms. The average Bonchev–Trinajstić information content (AvgIpc) is 3.16. The molecule has 0 saturated carbocycles. The molecule has 2 aromatic carbocycles. The van der Waals surface area contributed by atoms with Gasteiger partial charge in [0.2, 0.25) is 5.91 Å². The summed E-state index contributed by atoms with van der Waals surface area (Å²) in [4.78, 5) is 26.3. The van der Waals surface area contributed by atoms with Crippen molar-refractivity contribution >= 4 is 23.5 Å². The van der Waals surface area contributed by atoms with Crippen molar-refractivity contribution in [2.75, 3.05) is 39.4 Å². The third-order valence-electron chi connectivity index (χ3n) is 6.18. The monoisotopic (exact) mass is 503 g/mol. The molecule has 2 fully saturated rings. The summed E-state index contributed by atoms with van der Waals surface area (Å²) < 4.78 is 11.5. The molecule has 2 aliphatic heterocycles. The first-order chi connectivity index (χ1) is 16.8. The van der Waals surface area contributed by atoms with E-state index in [0.29, 0.717) is 49.9 Å². The van der Waals surface area contributed by atoms with Crippen LogP contribution in [0.1, 0.15) is 18.4 Å². The number of hydrogen-bond donors (Lipinski definition) is 3. The van der Waals surface area contributed by atoms with Crippen molar-refractivity contribution in [3.63, 3.8) is 0 Å². The minimum absolute atomic E-state index is 0.0215. The predicted octanol–water partition coefficient (Wildman–Crippen LogP) is 2.04. The molecular weight excluding hydrogens is 474 g/mol. The molecule has 2 aromatic rings. The SMILES string of the molecule is O=C1CN(CCCOc2ccc(CN3CC[C@H](O)[C@@](O)(COc4ccc(Cl)cc4)C3)cc2)C(=O)N1. The normalized spacial score (nSPS) is 22.8. The third-order valence-corrected chi connectivity index (χ3v) is 6.43. The Bertz CT molecular complexity index is 1020. The van der Waals surface area contributed by atoms with Crippen molar-refractivity contribution in [1.82, 2.24) is 15.1 Å². The number of aliphatic hydroxyl groups excluding tert-OH is 1. The number of urea groups is 1. The van der Waals surface area contributed by atoms with Crippen LogP contribution >= 0.6 is 11.6 Å². The van der Waals surface area contributed by atoms with E-state index in [-0.39, 0.29) is 31.6 Å². The van der Waals surface area contributed by atoms with Crippen LogP contribution in [0.25, 0.3) is 0 Å². The zero-order chi connectivity index (χ0) is 24.8. The molecule has 0 aliphatic carbocycles. The number of likely N-dealkylation sites (tertiary alicyclic amines) is 1. The number of ether oxygens (including phenoxy) is 2. The van der Waals surface area contributed by atoms with Crippen molar-refractivity contribution < 1.29 is 29.3 Å². The largest absolute Gasteiger partial charge is 0.494 e. The first-order valence-corrected chi connectivity index (χ1v) is 12.0. The van der Waals surface area contributed by atoms with Gasteiger partial charge in [0.1, 0.15) is 30.3 Å². The van der Waals surface area contributed by atoms with E-state index in [0.717, 1.165) is 11.3 Å². The molecular formula is C25H30ClN3O6. The van der Waals surface area contributed by atoms with Crippen LogP contribution in [0, 0.1) is 0 Å². The Kier molecular flexibility index (Phi) is 8.12. The fourth-order valence-corrected chi connectivity index (χ4v) is 4.35. The Balaban J connectivity index is 1.22. The lowest BCUT2D eigenvalue weighted by molar-refractivity contribution is -0.140. The predicted molar refractivity (Wildman–Crippen MR) is 129 cm³/mol. The summed E-state index contributed by atoms with van der Waals surface area (Å²) in [5.41, 5.74) is -0.320. The highest BCUT2D eigenvalue weighted by Crippen LogP contribution is 2.26. The van der Waals surface area contributed by atoms with Gasteiger partial charge in [-0.05, 0) is 54.8 Å². The van der Waals surface area contributed by atoms with Crippen molar-refractivity contribution in [1.29, 1.82) is 0 Å². The van der Waals surface area contributed by atoms with Crippen LogP contribution in [-0.4, -0.2) is 83.0 Å². The zero-order valence-corrected chi connectivity index (χ0v) is 20.1. The first-order valence-electron chi connectivity index (χ1n) is 11.6. The second-order valence-corrected chi connectivity index (χ2v) is 9.42. The quantitative estimate of drug-likeness (QED) is 0.336. The van der Waals surface area contributed by atoms with Gasteiger partial charge in [0.15, 0.2) is 0 Å². The molecule has 0 radical (unpaired) electrons. The number of carbonyl (C=O) groups is 2. The molecule has 9 nitrogen and oxygen atoms in total. The summed E-state index contributed by atoms with van der Waals surface area (Å²) in [5.74, 6) is 1.03. The lowest BCUT2D eigenvalue weighted by Gasteiger charge is -2.42. The number of benzene rings is 2. The maximum Gasteiger partial charge on any atom is 0.324 e. The van der Waals surface area contributed by atoms with Crippen LogP contribution < -0.4 is 14.8 Å². The van der Waals surface area contributed by atoms with Crippen molar-refractivity contribution in [2.24, 2.45) is 0 Å². The number of β-amino-alcohol motifs (C(OH)–C–C–N with tert-alkyl or cyclic N) is 1. The van der Waals surface area contributed by atoms with Gasteiger partial charge in [0.25, 0.3) is 0 Å². The Morgan fingerprint density at radius 1 is 1.06 bits per heavy atom. The minimum atomic E-state index is -1.38. The highest BCUT2D eigenvalue weighted by atomic mass is 35.5. The average molecular weight is 504 g/mol. The van der Waals surface area contributed by atoms with Crippen molar-refractivity contribution in [3.05, 3.63) is 59.1 Å². The van der Waals surface area contributed by atoms with Crippen LogP contribution in [-0.2, 0) is 11.3 Å². The van der Waals surface area contributed by atoms with E-state index in [1.165, 1.54) is 4.90 Å². The van der Waals surface area contributed by atoms with Gasteiger partial charge in [-0.2, -0.15) is 0 Å². The molecule has 35 heavy (non-hydrogen) atoms. The van der Waals surface area contributed by atoms with Crippen LogP contribution in [0.3, 0.4) is 0 Å². The maximum absolute atomic E-state index is 11.5. The molecule has 2 aliphatic rings. The van der Waals surface area contributed by atoms with Crippen LogP contribution in [0.2, 0.25) is 5.02 Å². The summed E-state index contributed by atoms with van der Waals surface area (Å²) in [6, 6.07) is 14.2. The number of halogens is 1. The van der Waals surface area contributed by atoms with Crippen LogP contribution in [0.4, 0.5) is 4.79 Å². The van der Waals surface area contributed by atoms with Gasteiger partial charge in [-0.1, -0.05) is 23.7 Å². The van der Waals surface area contributed by atoms with Crippen LogP contribution in [0.15, 0.2) is 48.5 Å². The van der Waals surface area contributed by atoms with Crippen molar-refractivity contribution in [3.8, 4) is 11.5 Å². The van der Waals surface area contributed by atoms with Gasteiger partial charge in [0, 0.05) is 31.2 Å². The number of imide groups is 1.